The van der Waals surface area contributed by atoms with E-state index in [4.69, 9.17) is 9.15 Å². The SMILES string of the molecule is CCc1cc2c3c(coc3c1)C(CCC(C)=O)C(C)(C)O2. The van der Waals surface area contributed by atoms with Crippen LogP contribution in [0.25, 0.3) is 11.0 Å². The monoisotopic (exact) mass is 286 g/mol. The number of ketones is 1. The van der Waals surface area contributed by atoms with Gasteiger partial charge in [0.05, 0.1) is 11.6 Å². The van der Waals surface area contributed by atoms with Crippen molar-refractivity contribution < 1.29 is 13.9 Å². The first-order valence-electron chi connectivity index (χ1n) is 7.65. The van der Waals surface area contributed by atoms with Crippen LogP contribution < -0.4 is 4.74 Å². The summed E-state index contributed by atoms with van der Waals surface area (Å²) in [5.74, 6) is 1.32. The van der Waals surface area contributed by atoms with Crippen molar-refractivity contribution in [2.75, 3.05) is 0 Å². The Balaban J connectivity index is 2.11. The van der Waals surface area contributed by atoms with Crippen molar-refractivity contribution in [3.05, 3.63) is 29.5 Å². The van der Waals surface area contributed by atoms with Crippen molar-refractivity contribution in [3.63, 3.8) is 0 Å². The summed E-state index contributed by atoms with van der Waals surface area (Å²) in [4.78, 5) is 11.3. The zero-order valence-electron chi connectivity index (χ0n) is 13.2. The van der Waals surface area contributed by atoms with Crippen LogP contribution in [0.1, 0.15) is 57.6 Å². The van der Waals surface area contributed by atoms with E-state index in [0.29, 0.717) is 6.42 Å². The highest BCUT2D eigenvalue weighted by Gasteiger charge is 2.39. The number of aryl methyl sites for hydroxylation is 1. The standard InChI is InChI=1S/C18H22O3/c1-5-12-8-15-17-13(10-20-15)14(7-6-11(2)19)18(3,4)21-16(17)9-12/h8-10,14H,5-7H2,1-4H3. The smallest absolute Gasteiger partial charge is 0.138 e. The van der Waals surface area contributed by atoms with Gasteiger partial charge in [0, 0.05) is 17.9 Å². The van der Waals surface area contributed by atoms with Crippen LogP contribution in [0.4, 0.5) is 0 Å². The molecule has 0 saturated carbocycles. The van der Waals surface area contributed by atoms with Gasteiger partial charge in [-0.3, -0.25) is 0 Å². The highest BCUT2D eigenvalue weighted by molar-refractivity contribution is 5.90. The van der Waals surface area contributed by atoms with Crippen LogP contribution in [0, 0.1) is 0 Å². The fraction of sp³-hybridized carbons (Fsp3) is 0.500. The molecule has 0 fully saturated rings. The Labute approximate surface area is 125 Å². The topological polar surface area (TPSA) is 39.4 Å². The summed E-state index contributed by atoms with van der Waals surface area (Å²) in [5, 5.41) is 1.08. The molecular formula is C18H22O3. The van der Waals surface area contributed by atoms with Crippen molar-refractivity contribution in [1.82, 2.24) is 0 Å². The van der Waals surface area contributed by atoms with Crippen molar-refractivity contribution in [1.29, 1.82) is 0 Å². The quantitative estimate of drug-likeness (QED) is 0.823. The van der Waals surface area contributed by atoms with E-state index in [9.17, 15) is 4.79 Å². The molecule has 1 atom stereocenters. The summed E-state index contributed by atoms with van der Waals surface area (Å²) in [6, 6.07) is 4.20. The van der Waals surface area contributed by atoms with Gasteiger partial charge in [-0.05, 0) is 51.3 Å². The highest BCUT2D eigenvalue weighted by Crippen LogP contribution is 2.48. The second-order valence-electron chi connectivity index (χ2n) is 6.51. The first-order valence-corrected chi connectivity index (χ1v) is 7.65. The molecule has 1 aliphatic heterocycles. The number of carbonyl (C=O) groups is 1. The lowest BCUT2D eigenvalue weighted by Crippen LogP contribution is -2.38. The predicted molar refractivity (Wildman–Crippen MR) is 83.0 cm³/mol. The van der Waals surface area contributed by atoms with E-state index in [1.165, 1.54) is 11.1 Å². The number of ether oxygens (including phenoxy) is 1. The third kappa shape index (κ3) is 2.35. The van der Waals surface area contributed by atoms with Gasteiger partial charge in [0.2, 0.25) is 0 Å². The molecule has 0 radical (unpaired) electrons. The summed E-state index contributed by atoms with van der Waals surface area (Å²) in [6.07, 6.45) is 4.18. The van der Waals surface area contributed by atoms with E-state index in [0.717, 1.165) is 29.6 Å². The van der Waals surface area contributed by atoms with Gasteiger partial charge in [-0.25, -0.2) is 0 Å². The second kappa shape index (κ2) is 4.90. The molecule has 1 aliphatic rings. The van der Waals surface area contributed by atoms with Crippen LogP contribution >= 0.6 is 0 Å². The van der Waals surface area contributed by atoms with E-state index in [-0.39, 0.29) is 17.3 Å². The Kier molecular flexibility index (Phi) is 3.31. The molecule has 1 aromatic heterocycles. The van der Waals surface area contributed by atoms with Gasteiger partial charge < -0.3 is 13.9 Å². The zero-order valence-corrected chi connectivity index (χ0v) is 13.2. The number of hydrogen-bond donors (Lipinski definition) is 0. The first-order chi connectivity index (χ1) is 9.92. The minimum atomic E-state index is -0.328. The molecule has 3 rings (SSSR count). The summed E-state index contributed by atoms with van der Waals surface area (Å²) >= 11 is 0. The lowest BCUT2D eigenvalue weighted by molar-refractivity contribution is -0.117. The van der Waals surface area contributed by atoms with E-state index >= 15 is 0 Å². The van der Waals surface area contributed by atoms with Gasteiger partial charge in [-0.1, -0.05) is 6.92 Å². The minimum absolute atomic E-state index is 0.183. The Morgan fingerprint density at radius 3 is 2.76 bits per heavy atom. The predicted octanol–water partition coefficient (Wildman–Crippen LogP) is 4.62. The Bertz CT molecular complexity index is 694. The number of hydrogen-bond acceptors (Lipinski definition) is 3. The maximum Gasteiger partial charge on any atom is 0.138 e. The second-order valence-corrected chi connectivity index (χ2v) is 6.51. The number of Topliss-reactive ketones (excluding diaryl/α,β-unsaturated/α-hetero) is 1. The van der Waals surface area contributed by atoms with Crippen molar-refractivity contribution in [2.45, 2.75) is 58.5 Å². The van der Waals surface area contributed by atoms with E-state index < -0.39 is 0 Å². The average molecular weight is 286 g/mol. The van der Waals surface area contributed by atoms with Crippen molar-refractivity contribution in [2.24, 2.45) is 0 Å². The van der Waals surface area contributed by atoms with Crippen LogP contribution in [-0.2, 0) is 11.2 Å². The third-order valence-electron chi connectivity index (χ3n) is 4.51. The van der Waals surface area contributed by atoms with E-state index in [1.807, 2.05) is 6.26 Å². The molecule has 2 aromatic rings. The molecule has 1 unspecified atom stereocenters. The largest absolute Gasteiger partial charge is 0.486 e. The third-order valence-corrected chi connectivity index (χ3v) is 4.51. The first kappa shape index (κ1) is 14.2. The normalized spacial score (nSPS) is 19.5. The molecule has 0 bridgehead atoms. The fourth-order valence-electron chi connectivity index (χ4n) is 3.33. The molecule has 1 aromatic carbocycles. The Morgan fingerprint density at radius 2 is 2.10 bits per heavy atom. The van der Waals surface area contributed by atoms with Gasteiger partial charge in [-0.2, -0.15) is 0 Å². The molecular weight excluding hydrogens is 264 g/mol. The molecule has 21 heavy (non-hydrogen) atoms. The van der Waals surface area contributed by atoms with Gasteiger partial charge in [0.15, 0.2) is 0 Å². The molecule has 0 N–H and O–H groups in total. The van der Waals surface area contributed by atoms with Crippen LogP contribution in [-0.4, -0.2) is 11.4 Å². The Hall–Kier alpha value is -1.77. The molecule has 0 spiro atoms. The molecule has 0 saturated heterocycles. The summed E-state index contributed by atoms with van der Waals surface area (Å²) < 4.78 is 12.0. The molecule has 3 nitrogen and oxygen atoms in total. The molecule has 2 heterocycles. The highest BCUT2D eigenvalue weighted by atomic mass is 16.5. The van der Waals surface area contributed by atoms with Crippen LogP contribution in [0.3, 0.4) is 0 Å². The lowest BCUT2D eigenvalue weighted by atomic mass is 9.78. The number of rotatable bonds is 4. The van der Waals surface area contributed by atoms with Crippen LogP contribution in [0.2, 0.25) is 0 Å². The van der Waals surface area contributed by atoms with E-state index in [1.54, 1.807) is 6.92 Å². The van der Waals surface area contributed by atoms with Crippen molar-refractivity contribution in [3.8, 4) is 5.75 Å². The zero-order chi connectivity index (χ0) is 15.2. The van der Waals surface area contributed by atoms with Gasteiger partial charge in [-0.15, -0.1) is 0 Å². The summed E-state index contributed by atoms with van der Waals surface area (Å²) in [5.41, 5.74) is 2.96. The summed E-state index contributed by atoms with van der Waals surface area (Å²) in [6.45, 7) is 7.96. The number of furan rings is 1. The average Bonchev–Trinajstić information content (AvgIpc) is 2.81. The number of benzene rings is 1. The number of carbonyl (C=O) groups excluding carboxylic acids is 1. The molecule has 0 aliphatic carbocycles. The van der Waals surface area contributed by atoms with E-state index in [2.05, 4.69) is 32.9 Å². The molecule has 3 heteroatoms. The molecule has 0 amide bonds. The summed E-state index contributed by atoms with van der Waals surface area (Å²) in [7, 11) is 0. The maximum absolute atomic E-state index is 11.3. The maximum atomic E-state index is 11.3. The van der Waals surface area contributed by atoms with Crippen LogP contribution in [0.15, 0.2) is 22.8 Å². The Morgan fingerprint density at radius 1 is 1.33 bits per heavy atom. The fourth-order valence-corrected chi connectivity index (χ4v) is 3.33. The van der Waals surface area contributed by atoms with Gasteiger partial charge >= 0.3 is 0 Å². The van der Waals surface area contributed by atoms with Gasteiger partial charge in [0.25, 0.3) is 0 Å². The molecule has 112 valence electrons. The van der Waals surface area contributed by atoms with Gasteiger partial charge in [0.1, 0.15) is 22.7 Å². The van der Waals surface area contributed by atoms with Crippen LogP contribution in [0.5, 0.6) is 5.75 Å². The van der Waals surface area contributed by atoms with Crippen molar-refractivity contribution >= 4 is 16.8 Å². The minimum Gasteiger partial charge on any atom is -0.486 e. The lowest BCUT2D eigenvalue weighted by Gasteiger charge is -2.38.